The zero-order chi connectivity index (χ0) is 66.6. The Kier molecular flexibility index (Phi) is 24.2. The molecule has 14 heteroatoms. The van der Waals surface area contributed by atoms with Crippen LogP contribution in [-0.4, -0.2) is 0 Å². The first-order chi connectivity index (χ1) is 45.2. The van der Waals surface area contributed by atoms with E-state index in [1.54, 1.807) is 12.1 Å². The van der Waals surface area contributed by atoms with Crippen molar-refractivity contribution in [2.75, 3.05) is 0 Å². The van der Waals surface area contributed by atoms with Crippen LogP contribution < -0.4 is 4.74 Å². The minimum Gasteiger partial charge on any atom is -0.429 e. The van der Waals surface area contributed by atoms with E-state index in [0.717, 1.165) is 103 Å². The molecule has 5 aliphatic carbocycles. The predicted octanol–water partition coefficient (Wildman–Crippen LogP) is 25.9. The monoisotopic (exact) mass is 1310 g/mol. The minimum atomic E-state index is -4.62. The lowest BCUT2D eigenvalue weighted by molar-refractivity contribution is -0.189. The van der Waals surface area contributed by atoms with Crippen molar-refractivity contribution in [2.45, 2.75) is 205 Å². The van der Waals surface area contributed by atoms with Crippen LogP contribution in [0.25, 0.3) is 33.4 Å². The van der Waals surface area contributed by atoms with E-state index in [0.29, 0.717) is 45.6 Å². The number of benzene rings is 7. The molecule has 5 fully saturated rings. The molecule has 0 unspecified atom stereocenters. The molecule has 94 heavy (non-hydrogen) atoms. The van der Waals surface area contributed by atoms with E-state index in [1.165, 1.54) is 152 Å². The Labute approximate surface area is 546 Å². The van der Waals surface area contributed by atoms with Crippen LogP contribution >= 0.6 is 0 Å². The summed E-state index contributed by atoms with van der Waals surface area (Å²) >= 11 is 0. The normalized spacial score (nSPS) is 22.9. The molecule has 12 rings (SSSR count). The zero-order valence-electron chi connectivity index (χ0n) is 53.9. The number of halogens is 13. The van der Waals surface area contributed by atoms with Gasteiger partial charge in [-0.05, 0) is 230 Å². The van der Waals surface area contributed by atoms with Crippen LogP contribution in [0, 0.1) is 99.5 Å². The molecule has 504 valence electrons. The lowest BCUT2D eigenvalue weighted by atomic mass is 9.68. The Bertz CT molecular complexity index is 3330. The van der Waals surface area contributed by atoms with Crippen molar-refractivity contribution in [2.24, 2.45) is 35.5 Å². The van der Waals surface area contributed by atoms with Crippen LogP contribution in [0.15, 0.2) is 121 Å². The van der Waals surface area contributed by atoms with Gasteiger partial charge in [0.2, 0.25) is 0 Å². The summed E-state index contributed by atoms with van der Waals surface area (Å²) < 4.78 is 183. The van der Waals surface area contributed by atoms with Gasteiger partial charge < -0.3 is 4.74 Å². The molecule has 7 aromatic carbocycles. The van der Waals surface area contributed by atoms with E-state index in [9.17, 15) is 57.1 Å². The van der Waals surface area contributed by atoms with Gasteiger partial charge in [0.05, 0.1) is 0 Å². The fourth-order valence-corrected chi connectivity index (χ4v) is 16.3. The Morgan fingerprint density at radius 3 is 0.872 bits per heavy atom. The van der Waals surface area contributed by atoms with Crippen molar-refractivity contribution in [1.82, 2.24) is 0 Å². The summed E-state index contributed by atoms with van der Waals surface area (Å²) in [6.45, 7) is 4.60. The van der Waals surface area contributed by atoms with E-state index in [-0.39, 0.29) is 17.7 Å². The Morgan fingerprint density at radius 1 is 0.309 bits per heavy atom. The predicted molar refractivity (Wildman–Crippen MR) is 347 cm³/mol. The highest BCUT2D eigenvalue weighted by Gasteiger charge is 2.42. The first-order valence-corrected chi connectivity index (χ1v) is 34.6. The van der Waals surface area contributed by atoms with Gasteiger partial charge in [-0.25, -0.2) is 48.3 Å². The second-order valence-electron chi connectivity index (χ2n) is 27.6. The minimum absolute atomic E-state index is 0.0424. The maximum atomic E-state index is 14.6. The molecule has 0 amide bonds. The molecule has 0 saturated heterocycles. The van der Waals surface area contributed by atoms with Crippen molar-refractivity contribution in [3.63, 3.8) is 0 Å². The largest absolute Gasteiger partial charge is 0.432 e. The molecule has 0 radical (unpaired) electrons. The molecule has 0 aromatic heterocycles. The molecule has 0 spiro atoms. The summed E-state index contributed by atoms with van der Waals surface area (Å²) in [7, 11) is 0. The van der Waals surface area contributed by atoms with Gasteiger partial charge in [-0.2, -0.15) is 8.78 Å². The van der Waals surface area contributed by atoms with Crippen molar-refractivity contribution < 1.29 is 61.8 Å². The fourth-order valence-electron chi connectivity index (χ4n) is 16.3. The highest BCUT2D eigenvalue weighted by atomic mass is 19.3. The standard InChI is InChI=1S/2C27H33F3.C26H21F7O/c2*1-2-3-18-4-6-19(7-5-18)20-8-10-21(11-9-20)22-12-14-23(15-13-22)24-16-25(28)27(30)26(29)17-24;27-20-11-18(17-9-7-16(8-10-17)15-5-3-1-2-4-6-15)12-21(28)24(20)26(32,33)34-19-13-22(29)25(31)23(30)14-19/h2*12-21H,2-11H2,1H3;7-15H,1-6H2. The van der Waals surface area contributed by atoms with E-state index in [4.69, 9.17) is 0 Å². The summed E-state index contributed by atoms with van der Waals surface area (Å²) in [5.41, 5.74) is 4.69. The van der Waals surface area contributed by atoms with Crippen LogP contribution in [0.2, 0.25) is 0 Å². The van der Waals surface area contributed by atoms with Gasteiger partial charge in [0.1, 0.15) is 22.9 Å². The molecule has 7 aromatic rings. The quantitative estimate of drug-likeness (QED) is 0.0565. The second kappa shape index (κ2) is 32.4. The molecule has 0 N–H and O–H groups in total. The van der Waals surface area contributed by atoms with Crippen LogP contribution in [0.4, 0.5) is 57.1 Å². The van der Waals surface area contributed by atoms with Gasteiger partial charge in [-0.15, -0.1) is 0 Å². The second-order valence-corrected chi connectivity index (χ2v) is 27.6. The number of hydrogen-bond acceptors (Lipinski definition) is 1. The van der Waals surface area contributed by atoms with Crippen LogP contribution in [0.5, 0.6) is 5.75 Å². The van der Waals surface area contributed by atoms with Crippen LogP contribution in [0.1, 0.15) is 221 Å². The van der Waals surface area contributed by atoms with Gasteiger partial charge in [-0.1, -0.05) is 164 Å². The summed E-state index contributed by atoms with van der Waals surface area (Å²) in [5.74, 6) is -9.98. The van der Waals surface area contributed by atoms with Gasteiger partial charge in [0.15, 0.2) is 52.4 Å². The molecular weight excluding hydrogens is 1220 g/mol. The van der Waals surface area contributed by atoms with Gasteiger partial charge in [0.25, 0.3) is 0 Å². The van der Waals surface area contributed by atoms with E-state index in [2.05, 4.69) is 42.8 Å². The average molecular weight is 1310 g/mol. The average Bonchev–Trinajstić information content (AvgIpc) is 0.813. The van der Waals surface area contributed by atoms with E-state index in [1.807, 2.05) is 36.4 Å². The number of hydrogen-bond donors (Lipinski definition) is 0. The summed E-state index contributed by atoms with van der Waals surface area (Å²) in [5, 5.41) is 0. The maximum absolute atomic E-state index is 14.6. The number of rotatable bonds is 15. The smallest absolute Gasteiger partial charge is 0.429 e. The van der Waals surface area contributed by atoms with Gasteiger partial charge in [0, 0.05) is 12.1 Å². The highest BCUT2D eigenvalue weighted by Crippen LogP contribution is 2.47. The molecule has 5 aliphatic rings. The number of alkyl halides is 2. The highest BCUT2D eigenvalue weighted by molar-refractivity contribution is 5.66. The molecule has 0 heterocycles. The van der Waals surface area contributed by atoms with Crippen molar-refractivity contribution in [1.29, 1.82) is 0 Å². The molecule has 0 aliphatic heterocycles. The Hall–Kier alpha value is -6.57. The van der Waals surface area contributed by atoms with Crippen molar-refractivity contribution >= 4 is 0 Å². The Balaban J connectivity index is 0.000000154. The Morgan fingerprint density at radius 2 is 0.574 bits per heavy atom. The summed E-state index contributed by atoms with van der Waals surface area (Å²) in [6.07, 6.45) is 29.4. The van der Waals surface area contributed by atoms with Gasteiger partial charge >= 0.3 is 6.11 Å². The topological polar surface area (TPSA) is 9.23 Å². The SMILES string of the molecule is CCCC1CCC(C2CCC(c3ccc(-c4cc(F)c(F)c(F)c4)cc3)CC2)CC1.CCCC1CCC(C2CCC(c3ccc(-c4cc(F)c(F)c(F)c4)cc3)CC2)CC1.Fc1cc(OC(F)(F)c2c(F)cc(-c3ccc(C4CCCCCC4)cc3)cc2F)cc(F)c1F. The molecule has 1 nitrogen and oxygen atoms in total. The molecule has 0 bridgehead atoms. The third-order valence-corrected chi connectivity index (χ3v) is 21.6. The van der Waals surface area contributed by atoms with Crippen molar-refractivity contribution in [3.8, 4) is 39.1 Å². The van der Waals surface area contributed by atoms with Gasteiger partial charge in [-0.3, -0.25) is 0 Å². The summed E-state index contributed by atoms with van der Waals surface area (Å²) in [6, 6.07) is 29.1. The van der Waals surface area contributed by atoms with Crippen molar-refractivity contribution in [3.05, 3.63) is 208 Å². The van der Waals surface area contributed by atoms with E-state index < -0.39 is 81.4 Å². The van der Waals surface area contributed by atoms with Crippen LogP contribution in [-0.2, 0) is 6.11 Å². The maximum Gasteiger partial charge on any atom is 0.432 e. The summed E-state index contributed by atoms with van der Waals surface area (Å²) in [4.78, 5) is 0. The lowest BCUT2D eigenvalue weighted by Crippen LogP contribution is -2.25. The number of ether oxygens (including phenoxy) is 1. The fraction of sp³-hybridized carbons (Fsp3) is 0.475. The lowest BCUT2D eigenvalue weighted by Gasteiger charge is -2.38. The third kappa shape index (κ3) is 17.7. The first-order valence-electron chi connectivity index (χ1n) is 34.6. The molecular formula is C80H87F13O. The molecule has 5 saturated carbocycles. The third-order valence-electron chi connectivity index (χ3n) is 21.6. The molecule has 0 atom stereocenters. The van der Waals surface area contributed by atoms with E-state index >= 15 is 0 Å². The zero-order valence-corrected chi connectivity index (χ0v) is 53.9. The first kappa shape index (κ1) is 70.2. The van der Waals surface area contributed by atoms with Crippen LogP contribution in [0.3, 0.4) is 0 Å².